The molecule has 1 N–H and O–H groups in total. The number of hydrogen-bond donors (Lipinski definition) is 1. The minimum Gasteiger partial charge on any atom is -0.489 e. The Morgan fingerprint density at radius 2 is 2.04 bits per heavy atom. The predicted molar refractivity (Wildman–Crippen MR) is 92.0 cm³/mol. The molecule has 0 spiro atoms. The number of amides is 1. The zero-order chi connectivity index (χ0) is 17.1. The standard InChI is InChI=1S/C19H28N2O3/c1-13(2)24-14-9-10-16(20-12-14)19(23)21-11-5-7-17(21)15-6-3-4-8-18(15)22/h9-10,12-13,15,17-18,22H,3-8,11H2,1-2H3/t15-,17-,18+/m1/s1. The number of carbonyl (C=O) groups excluding carboxylic acids is 1. The molecule has 5 nitrogen and oxygen atoms in total. The van der Waals surface area contributed by atoms with Gasteiger partial charge in [0.15, 0.2) is 0 Å². The molecule has 1 saturated heterocycles. The Bertz CT molecular complexity index is 558. The van der Waals surface area contributed by atoms with Gasteiger partial charge in [-0.25, -0.2) is 4.98 Å². The van der Waals surface area contributed by atoms with Crippen LogP contribution in [0.5, 0.6) is 5.75 Å². The zero-order valence-corrected chi connectivity index (χ0v) is 14.6. The number of aliphatic hydroxyl groups is 1. The number of likely N-dealkylation sites (tertiary alicyclic amines) is 1. The van der Waals surface area contributed by atoms with E-state index in [1.54, 1.807) is 18.3 Å². The second kappa shape index (κ2) is 7.51. The van der Waals surface area contributed by atoms with Crippen LogP contribution in [0.2, 0.25) is 0 Å². The highest BCUT2D eigenvalue weighted by Crippen LogP contribution is 2.35. The van der Waals surface area contributed by atoms with Crippen molar-refractivity contribution in [2.24, 2.45) is 5.92 Å². The Labute approximate surface area is 144 Å². The smallest absolute Gasteiger partial charge is 0.272 e. The van der Waals surface area contributed by atoms with Crippen LogP contribution in [0.15, 0.2) is 18.3 Å². The molecular formula is C19H28N2O3. The van der Waals surface area contributed by atoms with E-state index >= 15 is 0 Å². The van der Waals surface area contributed by atoms with Crippen molar-refractivity contribution in [3.05, 3.63) is 24.0 Å². The van der Waals surface area contributed by atoms with E-state index in [9.17, 15) is 9.90 Å². The molecule has 0 bridgehead atoms. The first-order valence-electron chi connectivity index (χ1n) is 9.18. The van der Waals surface area contributed by atoms with Crippen molar-refractivity contribution in [3.63, 3.8) is 0 Å². The zero-order valence-electron chi connectivity index (χ0n) is 14.6. The number of pyridine rings is 1. The van der Waals surface area contributed by atoms with Crippen LogP contribution >= 0.6 is 0 Å². The van der Waals surface area contributed by atoms with Gasteiger partial charge in [0.25, 0.3) is 5.91 Å². The Hall–Kier alpha value is -1.62. The first-order chi connectivity index (χ1) is 11.6. The van der Waals surface area contributed by atoms with E-state index in [-0.39, 0.29) is 30.1 Å². The second-order valence-corrected chi connectivity index (χ2v) is 7.27. The van der Waals surface area contributed by atoms with Gasteiger partial charge < -0.3 is 14.7 Å². The Morgan fingerprint density at radius 1 is 1.25 bits per heavy atom. The molecule has 1 aromatic heterocycles. The number of ether oxygens (including phenoxy) is 1. The molecule has 5 heteroatoms. The summed E-state index contributed by atoms with van der Waals surface area (Å²) in [5.74, 6) is 0.877. The number of nitrogens with zero attached hydrogens (tertiary/aromatic N) is 2. The van der Waals surface area contributed by atoms with Gasteiger partial charge >= 0.3 is 0 Å². The highest BCUT2D eigenvalue weighted by atomic mass is 16.5. The summed E-state index contributed by atoms with van der Waals surface area (Å²) in [4.78, 5) is 19.1. The maximum atomic E-state index is 12.9. The maximum absolute atomic E-state index is 12.9. The van der Waals surface area contributed by atoms with Crippen LogP contribution in [-0.2, 0) is 0 Å². The molecule has 2 aliphatic rings. The number of aliphatic hydroxyl groups excluding tert-OH is 1. The van der Waals surface area contributed by atoms with E-state index in [1.165, 1.54) is 0 Å². The van der Waals surface area contributed by atoms with Crippen LogP contribution in [0, 0.1) is 5.92 Å². The summed E-state index contributed by atoms with van der Waals surface area (Å²) < 4.78 is 5.58. The third-order valence-electron chi connectivity index (χ3n) is 5.16. The highest BCUT2D eigenvalue weighted by Gasteiger charge is 2.39. The molecule has 1 saturated carbocycles. The fraction of sp³-hybridized carbons (Fsp3) is 0.684. The molecule has 2 fully saturated rings. The van der Waals surface area contributed by atoms with Crippen molar-refractivity contribution in [1.29, 1.82) is 0 Å². The summed E-state index contributed by atoms with van der Waals surface area (Å²) in [5.41, 5.74) is 0.461. The van der Waals surface area contributed by atoms with E-state index in [2.05, 4.69) is 4.98 Å². The first kappa shape index (κ1) is 17.2. The average molecular weight is 332 g/mol. The SMILES string of the molecule is CC(C)Oc1ccc(C(=O)N2CCC[C@@H]2[C@H]2CCCC[C@@H]2O)nc1. The van der Waals surface area contributed by atoms with Gasteiger partial charge in [0.1, 0.15) is 11.4 Å². The van der Waals surface area contributed by atoms with Crippen LogP contribution in [0.3, 0.4) is 0 Å². The first-order valence-corrected chi connectivity index (χ1v) is 9.18. The quantitative estimate of drug-likeness (QED) is 0.920. The van der Waals surface area contributed by atoms with Crippen molar-refractivity contribution in [3.8, 4) is 5.75 Å². The molecule has 1 aliphatic carbocycles. The monoisotopic (exact) mass is 332 g/mol. The number of hydrogen-bond acceptors (Lipinski definition) is 4. The number of rotatable bonds is 4. The molecule has 132 valence electrons. The molecule has 3 rings (SSSR count). The minimum atomic E-state index is -0.271. The minimum absolute atomic E-state index is 0.0219. The number of carbonyl (C=O) groups is 1. The normalized spacial score (nSPS) is 27.5. The fourth-order valence-electron chi connectivity index (χ4n) is 4.07. The van der Waals surface area contributed by atoms with E-state index in [0.29, 0.717) is 11.4 Å². The summed E-state index contributed by atoms with van der Waals surface area (Å²) in [6.07, 6.45) is 7.56. The van der Waals surface area contributed by atoms with Gasteiger partial charge in [-0.1, -0.05) is 12.8 Å². The van der Waals surface area contributed by atoms with Gasteiger partial charge in [0.05, 0.1) is 18.4 Å². The van der Waals surface area contributed by atoms with E-state index in [0.717, 1.165) is 45.1 Å². The predicted octanol–water partition coefficient (Wildman–Crippen LogP) is 3.02. The number of aromatic nitrogens is 1. The lowest BCUT2D eigenvalue weighted by molar-refractivity contribution is 0.0209. The van der Waals surface area contributed by atoms with Crippen molar-refractivity contribution in [2.75, 3.05) is 6.54 Å². The molecule has 3 atom stereocenters. The highest BCUT2D eigenvalue weighted by molar-refractivity contribution is 5.92. The lowest BCUT2D eigenvalue weighted by atomic mass is 9.80. The van der Waals surface area contributed by atoms with E-state index in [4.69, 9.17) is 4.74 Å². The molecule has 1 aliphatic heterocycles. The average Bonchev–Trinajstić information content (AvgIpc) is 3.04. The lowest BCUT2D eigenvalue weighted by Gasteiger charge is -2.37. The van der Waals surface area contributed by atoms with Gasteiger partial charge in [-0.15, -0.1) is 0 Å². The summed E-state index contributed by atoms with van der Waals surface area (Å²) in [6.45, 7) is 4.69. The Balaban J connectivity index is 1.71. The van der Waals surface area contributed by atoms with Crippen LogP contribution in [0.25, 0.3) is 0 Å². The molecule has 0 aromatic carbocycles. The van der Waals surface area contributed by atoms with E-state index < -0.39 is 0 Å². The summed E-state index contributed by atoms with van der Waals surface area (Å²) in [7, 11) is 0. The molecule has 1 amide bonds. The van der Waals surface area contributed by atoms with Crippen LogP contribution in [-0.4, -0.2) is 45.7 Å². The van der Waals surface area contributed by atoms with Crippen molar-refractivity contribution < 1.29 is 14.6 Å². The van der Waals surface area contributed by atoms with Crippen molar-refractivity contribution in [2.45, 2.75) is 70.6 Å². The third kappa shape index (κ3) is 3.72. The lowest BCUT2D eigenvalue weighted by Crippen LogP contribution is -2.45. The molecule has 0 unspecified atom stereocenters. The van der Waals surface area contributed by atoms with Gasteiger partial charge in [-0.3, -0.25) is 4.79 Å². The molecule has 24 heavy (non-hydrogen) atoms. The molecule has 2 heterocycles. The topological polar surface area (TPSA) is 62.7 Å². The van der Waals surface area contributed by atoms with Gasteiger partial charge in [-0.05, 0) is 51.7 Å². The van der Waals surface area contributed by atoms with Gasteiger partial charge in [0, 0.05) is 18.5 Å². The fourth-order valence-corrected chi connectivity index (χ4v) is 4.07. The van der Waals surface area contributed by atoms with Gasteiger partial charge in [-0.2, -0.15) is 0 Å². The summed E-state index contributed by atoms with van der Waals surface area (Å²) >= 11 is 0. The maximum Gasteiger partial charge on any atom is 0.272 e. The van der Waals surface area contributed by atoms with E-state index in [1.807, 2.05) is 18.7 Å². The molecule has 1 aromatic rings. The van der Waals surface area contributed by atoms with Crippen LogP contribution in [0.4, 0.5) is 0 Å². The second-order valence-electron chi connectivity index (χ2n) is 7.27. The Morgan fingerprint density at radius 3 is 2.71 bits per heavy atom. The molecular weight excluding hydrogens is 304 g/mol. The largest absolute Gasteiger partial charge is 0.489 e. The Kier molecular flexibility index (Phi) is 5.39. The molecule has 0 radical (unpaired) electrons. The van der Waals surface area contributed by atoms with Crippen molar-refractivity contribution >= 4 is 5.91 Å². The van der Waals surface area contributed by atoms with Crippen LogP contribution < -0.4 is 4.74 Å². The van der Waals surface area contributed by atoms with Gasteiger partial charge in [0.2, 0.25) is 0 Å². The summed E-state index contributed by atoms with van der Waals surface area (Å²) in [5, 5.41) is 10.3. The van der Waals surface area contributed by atoms with Crippen LogP contribution in [0.1, 0.15) is 62.9 Å². The van der Waals surface area contributed by atoms with Crippen molar-refractivity contribution in [1.82, 2.24) is 9.88 Å². The summed E-state index contributed by atoms with van der Waals surface area (Å²) in [6, 6.07) is 3.70. The third-order valence-corrected chi connectivity index (χ3v) is 5.16.